The summed E-state index contributed by atoms with van der Waals surface area (Å²) in [6.07, 6.45) is 11.9. The van der Waals surface area contributed by atoms with Crippen molar-refractivity contribution >= 4 is 0 Å². The molecule has 2 aromatic carbocycles. The van der Waals surface area contributed by atoms with E-state index in [0.717, 1.165) is 36.8 Å². The second kappa shape index (κ2) is 11.1. The monoisotopic (exact) mass is 454 g/mol. The minimum absolute atomic E-state index is 0.0773. The lowest BCUT2D eigenvalue weighted by Crippen LogP contribution is -2.26. The molecule has 5 nitrogen and oxygen atoms in total. The van der Waals surface area contributed by atoms with Crippen LogP contribution in [-0.2, 0) is 4.74 Å². The van der Waals surface area contributed by atoms with E-state index in [1.807, 2.05) is 24.3 Å². The number of hydrogen-bond acceptors (Lipinski definition) is 5. The number of methoxy groups -OCH3 is 2. The highest BCUT2D eigenvalue weighted by Gasteiger charge is 2.34. The predicted molar refractivity (Wildman–Crippen MR) is 129 cm³/mol. The number of benzene rings is 2. The fourth-order valence-corrected chi connectivity index (χ4v) is 5.70. The highest BCUT2D eigenvalue weighted by Crippen LogP contribution is 2.46. The largest absolute Gasteiger partial charge is 0.504 e. The van der Waals surface area contributed by atoms with E-state index < -0.39 is 0 Å². The molecule has 4 rings (SSSR count). The molecule has 0 saturated heterocycles. The Bertz CT molecular complexity index is 826. The first-order valence-electron chi connectivity index (χ1n) is 12.5. The zero-order chi connectivity index (χ0) is 23.2. The van der Waals surface area contributed by atoms with E-state index in [9.17, 15) is 10.2 Å². The third-order valence-corrected chi connectivity index (χ3v) is 7.51. The lowest BCUT2D eigenvalue weighted by Gasteiger charge is -2.38. The number of aromatic hydroxyl groups is 2. The first-order chi connectivity index (χ1) is 16.1. The molecule has 2 aliphatic carbocycles. The Labute approximate surface area is 197 Å². The van der Waals surface area contributed by atoms with Gasteiger partial charge >= 0.3 is 0 Å². The lowest BCUT2D eigenvalue weighted by atomic mass is 9.80. The van der Waals surface area contributed by atoms with E-state index in [1.54, 1.807) is 26.4 Å². The summed E-state index contributed by atoms with van der Waals surface area (Å²) < 4.78 is 18.0. The molecule has 0 amide bonds. The average Bonchev–Trinajstić information content (AvgIpc) is 2.87. The van der Waals surface area contributed by atoms with Gasteiger partial charge in [0.25, 0.3) is 0 Å². The highest BCUT2D eigenvalue weighted by molar-refractivity contribution is 5.44. The summed E-state index contributed by atoms with van der Waals surface area (Å²) in [6.45, 7) is 0. The molecule has 180 valence electrons. The first kappa shape index (κ1) is 23.7. The van der Waals surface area contributed by atoms with Crippen molar-refractivity contribution in [1.82, 2.24) is 0 Å². The number of phenols is 2. The van der Waals surface area contributed by atoms with Crippen molar-refractivity contribution in [3.05, 3.63) is 47.5 Å². The van der Waals surface area contributed by atoms with Crippen molar-refractivity contribution < 1.29 is 24.4 Å². The van der Waals surface area contributed by atoms with Crippen LogP contribution < -0.4 is 9.47 Å². The molecule has 0 heterocycles. The molecule has 2 atom stereocenters. The van der Waals surface area contributed by atoms with Gasteiger partial charge in [0.05, 0.1) is 26.4 Å². The van der Waals surface area contributed by atoms with Crippen LogP contribution >= 0.6 is 0 Å². The lowest BCUT2D eigenvalue weighted by molar-refractivity contribution is -0.0865. The summed E-state index contributed by atoms with van der Waals surface area (Å²) in [7, 11) is 3.17. The van der Waals surface area contributed by atoms with E-state index in [-0.39, 0.29) is 23.7 Å². The van der Waals surface area contributed by atoms with Gasteiger partial charge in [0.15, 0.2) is 23.0 Å². The Balaban J connectivity index is 1.71. The Hall–Kier alpha value is -2.40. The SMILES string of the molecule is COc1cc(C(OC(c2ccc(O)c(OC)c2)C2CCCCC2)C2CCCCC2)ccc1O. The molecule has 2 unspecified atom stereocenters. The zero-order valence-corrected chi connectivity index (χ0v) is 20.0. The molecule has 2 aromatic rings. The van der Waals surface area contributed by atoms with Crippen LogP contribution in [0.3, 0.4) is 0 Å². The second-order valence-electron chi connectivity index (χ2n) is 9.64. The minimum atomic E-state index is -0.0773. The minimum Gasteiger partial charge on any atom is -0.504 e. The quantitative estimate of drug-likeness (QED) is 0.446. The molecular weight excluding hydrogens is 416 g/mol. The van der Waals surface area contributed by atoms with Crippen LogP contribution in [0.4, 0.5) is 0 Å². The van der Waals surface area contributed by atoms with Gasteiger partial charge in [0.1, 0.15) is 0 Å². The van der Waals surface area contributed by atoms with Crippen LogP contribution in [0.2, 0.25) is 0 Å². The predicted octanol–water partition coefficient (Wildman–Crippen LogP) is 7.07. The second-order valence-corrected chi connectivity index (χ2v) is 9.64. The topological polar surface area (TPSA) is 68.2 Å². The van der Waals surface area contributed by atoms with Crippen LogP contribution in [-0.4, -0.2) is 24.4 Å². The van der Waals surface area contributed by atoms with Crippen molar-refractivity contribution in [1.29, 1.82) is 0 Å². The Morgan fingerprint density at radius 2 is 1.03 bits per heavy atom. The van der Waals surface area contributed by atoms with Gasteiger partial charge in [-0.05, 0) is 72.9 Å². The third-order valence-electron chi connectivity index (χ3n) is 7.51. The van der Waals surface area contributed by atoms with Crippen LogP contribution in [0.25, 0.3) is 0 Å². The van der Waals surface area contributed by atoms with Crippen LogP contribution in [0.15, 0.2) is 36.4 Å². The molecule has 5 heteroatoms. The number of ether oxygens (including phenoxy) is 3. The normalized spacial score (nSPS) is 19.7. The fraction of sp³-hybridized carbons (Fsp3) is 0.571. The summed E-state index contributed by atoms with van der Waals surface area (Å²) in [5.41, 5.74) is 2.12. The summed E-state index contributed by atoms with van der Waals surface area (Å²) in [6, 6.07) is 11.3. The molecule has 0 spiro atoms. The molecule has 0 aliphatic heterocycles. The molecular formula is C28H38O5. The molecule has 2 fully saturated rings. The van der Waals surface area contributed by atoms with Crippen molar-refractivity contribution in [3.63, 3.8) is 0 Å². The van der Waals surface area contributed by atoms with Gasteiger partial charge in [-0.15, -0.1) is 0 Å². The zero-order valence-electron chi connectivity index (χ0n) is 20.0. The molecule has 0 radical (unpaired) electrons. The number of phenolic OH excluding ortho intramolecular Hbond substituents is 2. The Kier molecular flexibility index (Phi) is 8.02. The molecule has 2 aliphatic rings. The molecule has 0 bridgehead atoms. The number of rotatable bonds is 8. The van der Waals surface area contributed by atoms with Crippen molar-refractivity contribution in [2.45, 2.75) is 76.4 Å². The maximum atomic E-state index is 10.2. The third kappa shape index (κ3) is 5.57. The van der Waals surface area contributed by atoms with Gasteiger partial charge in [-0.25, -0.2) is 0 Å². The Morgan fingerprint density at radius 1 is 0.636 bits per heavy atom. The summed E-state index contributed by atoms with van der Waals surface area (Å²) in [5.74, 6) is 2.12. The highest BCUT2D eigenvalue weighted by atomic mass is 16.5. The van der Waals surface area contributed by atoms with Crippen molar-refractivity contribution in [3.8, 4) is 23.0 Å². The van der Waals surface area contributed by atoms with E-state index in [0.29, 0.717) is 23.3 Å². The smallest absolute Gasteiger partial charge is 0.160 e. The van der Waals surface area contributed by atoms with E-state index in [2.05, 4.69) is 0 Å². The van der Waals surface area contributed by atoms with Gasteiger partial charge in [0, 0.05) is 0 Å². The summed E-state index contributed by atoms with van der Waals surface area (Å²) in [4.78, 5) is 0. The summed E-state index contributed by atoms with van der Waals surface area (Å²) >= 11 is 0. The van der Waals surface area contributed by atoms with Gasteiger partial charge in [-0.3, -0.25) is 0 Å². The molecule has 33 heavy (non-hydrogen) atoms. The van der Waals surface area contributed by atoms with Crippen LogP contribution in [0.5, 0.6) is 23.0 Å². The standard InChI is InChI=1S/C28H38O5/c1-31-25-17-21(13-15-23(25)29)27(19-9-5-3-6-10-19)33-28(20-11-7-4-8-12-20)22-14-16-24(30)26(18-22)32-2/h13-20,27-30H,3-12H2,1-2H3. The van der Waals surface area contributed by atoms with Crippen LogP contribution in [0.1, 0.15) is 87.5 Å². The maximum absolute atomic E-state index is 10.2. The molecule has 0 aromatic heterocycles. The number of hydrogen-bond donors (Lipinski definition) is 2. The Morgan fingerprint density at radius 3 is 1.39 bits per heavy atom. The molecule has 2 N–H and O–H groups in total. The van der Waals surface area contributed by atoms with Crippen LogP contribution in [0, 0.1) is 11.8 Å². The van der Waals surface area contributed by atoms with E-state index in [1.165, 1.54) is 38.5 Å². The van der Waals surface area contributed by atoms with E-state index in [4.69, 9.17) is 14.2 Å². The van der Waals surface area contributed by atoms with Gasteiger partial charge in [0.2, 0.25) is 0 Å². The average molecular weight is 455 g/mol. The molecule has 2 saturated carbocycles. The van der Waals surface area contributed by atoms with Crippen molar-refractivity contribution in [2.75, 3.05) is 14.2 Å². The fourth-order valence-electron chi connectivity index (χ4n) is 5.70. The van der Waals surface area contributed by atoms with E-state index >= 15 is 0 Å². The van der Waals surface area contributed by atoms with Gasteiger partial charge in [-0.2, -0.15) is 0 Å². The van der Waals surface area contributed by atoms with Gasteiger partial charge in [-0.1, -0.05) is 50.7 Å². The van der Waals surface area contributed by atoms with Gasteiger partial charge < -0.3 is 24.4 Å². The summed E-state index contributed by atoms with van der Waals surface area (Å²) in [5, 5.41) is 20.3. The first-order valence-corrected chi connectivity index (χ1v) is 12.5. The maximum Gasteiger partial charge on any atom is 0.160 e. The van der Waals surface area contributed by atoms with Crippen molar-refractivity contribution in [2.24, 2.45) is 11.8 Å².